The summed E-state index contributed by atoms with van der Waals surface area (Å²) < 4.78 is 52.5. The first-order valence-corrected chi connectivity index (χ1v) is 10.4. The Morgan fingerprint density at radius 1 is 1.12 bits per heavy atom. The minimum absolute atomic E-state index is 0.129. The first-order valence-electron chi connectivity index (χ1n) is 10.4. The summed E-state index contributed by atoms with van der Waals surface area (Å²) in [4.78, 5) is 16.8. The van der Waals surface area contributed by atoms with Gasteiger partial charge in [-0.1, -0.05) is 18.9 Å². The standard InChI is InChI=1S/C22H21F3N4O3/c23-22(24,25)20-15-12-26-8-5-16(15)29(28-20)13-19(30)27-21(6-1-2-7-21)14-3-4-17-18(11-14)32-10-9-31-17/h3-5,8,11-12H,1-2,6-7,9-10,13H2,(H,27,30). The number of nitrogens with one attached hydrogen (secondary N) is 1. The molecule has 1 N–H and O–H groups in total. The number of aromatic nitrogens is 3. The van der Waals surface area contributed by atoms with E-state index in [1.165, 1.54) is 12.3 Å². The van der Waals surface area contributed by atoms with Crippen LogP contribution in [0.5, 0.6) is 11.5 Å². The van der Waals surface area contributed by atoms with Gasteiger partial charge in [-0.2, -0.15) is 18.3 Å². The Labute approximate surface area is 181 Å². The minimum Gasteiger partial charge on any atom is -0.486 e. The van der Waals surface area contributed by atoms with Gasteiger partial charge in [0, 0.05) is 12.4 Å². The van der Waals surface area contributed by atoms with Crippen molar-refractivity contribution in [1.82, 2.24) is 20.1 Å². The van der Waals surface area contributed by atoms with Crippen LogP contribution in [0.25, 0.3) is 10.9 Å². The number of rotatable bonds is 4. The summed E-state index contributed by atoms with van der Waals surface area (Å²) in [5.41, 5.74) is -0.541. The molecule has 0 atom stereocenters. The summed E-state index contributed by atoms with van der Waals surface area (Å²) in [5, 5.41) is 6.64. The number of benzene rings is 1. The highest BCUT2D eigenvalue weighted by Gasteiger charge is 2.39. The fourth-order valence-electron chi connectivity index (χ4n) is 4.60. The number of hydrogen-bond acceptors (Lipinski definition) is 5. The lowest BCUT2D eigenvalue weighted by molar-refractivity contribution is -0.140. The monoisotopic (exact) mass is 446 g/mol. The van der Waals surface area contributed by atoms with Gasteiger partial charge in [0.2, 0.25) is 5.91 Å². The second-order valence-corrected chi connectivity index (χ2v) is 8.09. The van der Waals surface area contributed by atoms with Gasteiger partial charge in [-0.25, -0.2) is 0 Å². The van der Waals surface area contributed by atoms with Crippen LogP contribution in [-0.4, -0.2) is 33.9 Å². The molecule has 0 saturated heterocycles. The highest BCUT2D eigenvalue weighted by Crippen LogP contribution is 2.42. The Morgan fingerprint density at radius 3 is 2.62 bits per heavy atom. The summed E-state index contributed by atoms with van der Waals surface area (Å²) in [6.07, 6.45) is 1.19. The number of nitrogens with zero attached hydrogens (tertiary/aromatic N) is 3. The molecule has 32 heavy (non-hydrogen) atoms. The molecule has 1 fully saturated rings. The van der Waals surface area contributed by atoms with E-state index in [-0.39, 0.29) is 17.4 Å². The molecule has 3 heterocycles. The largest absolute Gasteiger partial charge is 0.486 e. The first-order chi connectivity index (χ1) is 15.4. The van der Waals surface area contributed by atoms with E-state index in [1.807, 2.05) is 18.2 Å². The van der Waals surface area contributed by atoms with E-state index in [9.17, 15) is 18.0 Å². The lowest BCUT2D eigenvalue weighted by atomic mass is 9.87. The first kappa shape index (κ1) is 20.6. The quantitative estimate of drug-likeness (QED) is 0.660. The summed E-state index contributed by atoms with van der Waals surface area (Å²) in [5.74, 6) is 0.891. The number of amides is 1. The van der Waals surface area contributed by atoms with Gasteiger partial charge in [-0.3, -0.25) is 14.5 Å². The van der Waals surface area contributed by atoms with Gasteiger partial charge in [-0.15, -0.1) is 0 Å². The number of fused-ring (bicyclic) bond motifs is 2. The maximum atomic E-state index is 13.4. The van der Waals surface area contributed by atoms with Crippen molar-refractivity contribution in [2.75, 3.05) is 13.2 Å². The zero-order valence-electron chi connectivity index (χ0n) is 17.1. The van der Waals surface area contributed by atoms with Gasteiger partial charge in [0.1, 0.15) is 19.8 Å². The van der Waals surface area contributed by atoms with Crippen molar-refractivity contribution in [3.63, 3.8) is 0 Å². The van der Waals surface area contributed by atoms with E-state index in [0.717, 1.165) is 42.1 Å². The highest BCUT2D eigenvalue weighted by atomic mass is 19.4. The third-order valence-electron chi connectivity index (χ3n) is 6.04. The van der Waals surface area contributed by atoms with Crippen LogP contribution in [-0.2, 0) is 23.1 Å². The summed E-state index contributed by atoms with van der Waals surface area (Å²) in [6, 6.07) is 7.06. The van der Waals surface area contributed by atoms with E-state index < -0.39 is 23.3 Å². The van der Waals surface area contributed by atoms with Crippen LogP contribution in [0.15, 0.2) is 36.7 Å². The molecule has 1 amide bonds. The molecule has 0 bridgehead atoms. The van der Waals surface area contributed by atoms with Gasteiger partial charge in [0.25, 0.3) is 0 Å². The van der Waals surface area contributed by atoms with Crippen molar-refractivity contribution >= 4 is 16.8 Å². The molecule has 0 unspecified atom stereocenters. The predicted octanol–water partition coefficient (Wildman–Crippen LogP) is 3.81. The van der Waals surface area contributed by atoms with Crippen LogP contribution in [0.4, 0.5) is 13.2 Å². The van der Waals surface area contributed by atoms with Gasteiger partial charge in [0.15, 0.2) is 17.2 Å². The molecule has 0 radical (unpaired) electrons. The van der Waals surface area contributed by atoms with Gasteiger partial charge >= 0.3 is 6.18 Å². The van der Waals surface area contributed by atoms with Crippen molar-refractivity contribution in [3.05, 3.63) is 47.9 Å². The smallest absolute Gasteiger partial charge is 0.435 e. The molecule has 168 valence electrons. The number of alkyl halides is 3. The Kier molecular flexibility index (Phi) is 4.94. The fraction of sp³-hybridized carbons (Fsp3) is 0.409. The lowest BCUT2D eigenvalue weighted by Gasteiger charge is -2.32. The molecule has 1 saturated carbocycles. The summed E-state index contributed by atoms with van der Waals surface area (Å²) in [6.45, 7) is 0.614. The van der Waals surface area contributed by atoms with Gasteiger partial charge in [-0.05, 0) is 36.6 Å². The average Bonchev–Trinajstić information content (AvgIpc) is 3.39. The molecule has 1 aromatic carbocycles. The van der Waals surface area contributed by atoms with Gasteiger partial charge in [0.05, 0.1) is 16.4 Å². The van der Waals surface area contributed by atoms with Crippen LogP contribution >= 0.6 is 0 Å². The Morgan fingerprint density at radius 2 is 1.88 bits per heavy atom. The highest BCUT2D eigenvalue weighted by molar-refractivity contribution is 5.84. The maximum Gasteiger partial charge on any atom is 0.435 e. The topological polar surface area (TPSA) is 78.3 Å². The zero-order chi connectivity index (χ0) is 22.3. The molecular weight excluding hydrogens is 425 g/mol. The number of carbonyl (C=O) groups is 1. The summed E-state index contributed by atoms with van der Waals surface area (Å²) >= 11 is 0. The van der Waals surface area contributed by atoms with Gasteiger partial charge < -0.3 is 14.8 Å². The number of pyridine rings is 1. The molecule has 0 spiro atoms. The predicted molar refractivity (Wildman–Crippen MR) is 108 cm³/mol. The number of ether oxygens (including phenoxy) is 2. The van der Waals surface area contributed by atoms with Crippen molar-refractivity contribution in [3.8, 4) is 11.5 Å². The molecule has 2 aliphatic rings. The van der Waals surface area contributed by atoms with E-state index in [4.69, 9.17) is 9.47 Å². The Bertz CT molecular complexity index is 1170. The summed E-state index contributed by atoms with van der Waals surface area (Å²) in [7, 11) is 0. The van der Waals surface area contributed by atoms with Crippen molar-refractivity contribution < 1.29 is 27.4 Å². The maximum absolute atomic E-state index is 13.4. The Balaban J connectivity index is 1.43. The SMILES string of the molecule is O=C(Cn1nc(C(F)(F)F)c2cnccc21)NC1(c2ccc3c(c2)OCCO3)CCCC1. The third kappa shape index (κ3) is 3.63. The van der Waals surface area contributed by atoms with Crippen LogP contribution < -0.4 is 14.8 Å². The third-order valence-corrected chi connectivity index (χ3v) is 6.04. The Hall–Kier alpha value is -3.30. The molecule has 7 nitrogen and oxygen atoms in total. The van der Waals surface area contributed by atoms with Crippen LogP contribution in [0.1, 0.15) is 36.9 Å². The molecule has 1 aliphatic heterocycles. The number of halogens is 3. The lowest BCUT2D eigenvalue weighted by Crippen LogP contribution is -2.45. The van der Waals surface area contributed by atoms with Crippen molar-refractivity contribution in [2.24, 2.45) is 0 Å². The molecule has 3 aromatic rings. The zero-order valence-corrected chi connectivity index (χ0v) is 17.1. The molecule has 5 rings (SSSR count). The normalized spacial score (nSPS) is 17.5. The van der Waals surface area contributed by atoms with E-state index in [1.54, 1.807) is 0 Å². The van der Waals surface area contributed by atoms with Crippen LogP contribution in [0.3, 0.4) is 0 Å². The molecule has 2 aromatic heterocycles. The number of hydrogen-bond donors (Lipinski definition) is 1. The van der Waals surface area contributed by atoms with E-state index in [2.05, 4.69) is 15.4 Å². The van der Waals surface area contributed by atoms with Crippen LogP contribution in [0.2, 0.25) is 0 Å². The van der Waals surface area contributed by atoms with E-state index >= 15 is 0 Å². The van der Waals surface area contributed by atoms with Crippen molar-refractivity contribution in [2.45, 2.75) is 43.9 Å². The van der Waals surface area contributed by atoms with E-state index in [0.29, 0.717) is 24.7 Å². The van der Waals surface area contributed by atoms with Crippen molar-refractivity contribution in [1.29, 1.82) is 0 Å². The average molecular weight is 446 g/mol. The molecule has 1 aliphatic carbocycles. The number of carbonyl (C=O) groups excluding carboxylic acids is 1. The second-order valence-electron chi connectivity index (χ2n) is 8.09. The molecular formula is C22H21F3N4O3. The van der Waals surface area contributed by atoms with Crippen LogP contribution in [0, 0.1) is 0 Å². The minimum atomic E-state index is -4.64. The fourth-order valence-corrected chi connectivity index (χ4v) is 4.60. The second kappa shape index (κ2) is 7.68. The molecule has 10 heteroatoms.